The zero-order valence-corrected chi connectivity index (χ0v) is 6.19. The molecule has 0 aliphatic heterocycles. The Morgan fingerprint density at radius 3 is 2.82 bits per heavy atom. The largest absolute Gasteiger partial charge is 0.369 e. The molecule has 1 unspecified atom stereocenters. The van der Waals surface area contributed by atoms with Gasteiger partial charge in [-0.3, -0.25) is 14.8 Å². The van der Waals surface area contributed by atoms with Gasteiger partial charge in [-0.2, -0.15) is 0 Å². The highest BCUT2D eigenvalue weighted by molar-refractivity contribution is 5.80. The van der Waals surface area contributed by atoms with Crippen LogP contribution in [0.3, 0.4) is 0 Å². The number of carbonyl (C=O) groups is 1. The molecule has 0 bridgehead atoms. The fraction of sp³-hybridized carbons (Fsp3) is 0.286. The second-order valence-corrected chi connectivity index (χ2v) is 2.25. The van der Waals surface area contributed by atoms with Crippen molar-refractivity contribution in [2.45, 2.75) is 12.8 Å². The normalized spacial score (nSPS) is 12.5. The second kappa shape index (κ2) is 3.09. The lowest BCUT2D eigenvalue weighted by atomic mass is 10.1. The van der Waals surface area contributed by atoms with E-state index in [0.717, 1.165) is 0 Å². The summed E-state index contributed by atoms with van der Waals surface area (Å²) in [4.78, 5) is 18.4. The first-order chi connectivity index (χ1) is 5.22. The van der Waals surface area contributed by atoms with E-state index >= 15 is 0 Å². The average molecular weight is 151 g/mol. The minimum atomic E-state index is -0.384. The lowest BCUT2D eigenvalue weighted by molar-refractivity contribution is -0.119. The Hall–Kier alpha value is -1.45. The molecule has 1 aromatic heterocycles. The van der Waals surface area contributed by atoms with Gasteiger partial charge < -0.3 is 5.73 Å². The van der Waals surface area contributed by atoms with Gasteiger partial charge in [-0.15, -0.1) is 0 Å². The molecule has 0 aromatic carbocycles. The van der Waals surface area contributed by atoms with Gasteiger partial charge in [0, 0.05) is 18.6 Å². The highest BCUT2D eigenvalue weighted by Crippen LogP contribution is 2.08. The molecule has 4 heteroatoms. The third kappa shape index (κ3) is 1.73. The van der Waals surface area contributed by atoms with Crippen LogP contribution < -0.4 is 5.73 Å². The third-order valence-corrected chi connectivity index (χ3v) is 1.45. The van der Waals surface area contributed by atoms with E-state index < -0.39 is 0 Å². The second-order valence-electron chi connectivity index (χ2n) is 2.25. The van der Waals surface area contributed by atoms with Gasteiger partial charge in [0.2, 0.25) is 5.91 Å². The van der Waals surface area contributed by atoms with Crippen LogP contribution in [0.2, 0.25) is 0 Å². The Bertz CT molecular complexity index is 247. The first-order valence-corrected chi connectivity index (χ1v) is 3.27. The highest BCUT2D eigenvalue weighted by atomic mass is 16.1. The predicted molar refractivity (Wildman–Crippen MR) is 39.6 cm³/mol. The van der Waals surface area contributed by atoms with E-state index in [9.17, 15) is 4.79 Å². The first-order valence-electron chi connectivity index (χ1n) is 3.27. The molecule has 4 nitrogen and oxygen atoms in total. The standard InChI is InChI=1S/C7H9N3O/c1-5(7(8)11)6-4-9-2-3-10-6/h2-5H,1H3,(H2,8,11). The summed E-state index contributed by atoms with van der Waals surface area (Å²) in [6.45, 7) is 1.70. The summed E-state index contributed by atoms with van der Waals surface area (Å²) >= 11 is 0. The van der Waals surface area contributed by atoms with Gasteiger partial charge in [0.15, 0.2) is 0 Å². The molecule has 0 saturated carbocycles. The van der Waals surface area contributed by atoms with Crippen molar-refractivity contribution < 1.29 is 4.79 Å². The molecule has 0 spiro atoms. The van der Waals surface area contributed by atoms with E-state index in [-0.39, 0.29) is 11.8 Å². The number of nitrogens with two attached hydrogens (primary N) is 1. The lowest BCUT2D eigenvalue weighted by Crippen LogP contribution is -2.19. The maximum atomic E-state index is 10.7. The van der Waals surface area contributed by atoms with Crippen LogP contribution in [-0.4, -0.2) is 15.9 Å². The number of nitrogens with zero attached hydrogens (tertiary/aromatic N) is 2. The number of aromatic nitrogens is 2. The van der Waals surface area contributed by atoms with Gasteiger partial charge in [-0.05, 0) is 6.92 Å². The molecule has 0 aliphatic carbocycles. The van der Waals surface area contributed by atoms with E-state index in [2.05, 4.69) is 9.97 Å². The Balaban J connectivity index is 2.85. The fourth-order valence-electron chi connectivity index (χ4n) is 0.680. The molecule has 1 aromatic rings. The Kier molecular flexibility index (Phi) is 2.15. The SMILES string of the molecule is CC(C(N)=O)c1cnccn1. The van der Waals surface area contributed by atoms with Crippen molar-refractivity contribution in [2.24, 2.45) is 5.73 Å². The lowest BCUT2D eigenvalue weighted by Gasteiger charge is -2.03. The van der Waals surface area contributed by atoms with Crippen LogP contribution in [0.4, 0.5) is 0 Å². The minimum absolute atomic E-state index is 0.358. The number of hydrogen-bond acceptors (Lipinski definition) is 3. The van der Waals surface area contributed by atoms with E-state index in [1.54, 1.807) is 13.1 Å². The van der Waals surface area contributed by atoms with Crippen molar-refractivity contribution in [1.82, 2.24) is 9.97 Å². The number of primary amides is 1. The van der Waals surface area contributed by atoms with Gasteiger partial charge in [-0.1, -0.05) is 0 Å². The molecule has 1 rings (SSSR count). The van der Waals surface area contributed by atoms with Crippen molar-refractivity contribution in [2.75, 3.05) is 0 Å². The third-order valence-electron chi connectivity index (χ3n) is 1.45. The van der Waals surface area contributed by atoms with Crippen molar-refractivity contribution in [1.29, 1.82) is 0 Å². The number of hydrogen-bond donors (Lipinski definition) is 1. The quantitative estimate of drug-likeness (QED) is 0.650. The van der Waals surface area contributed by atoms with E-state index in [1.807, 2.05) is 0 Å². The van der Waals surface area contributed by atoms with Crippen LogP contribution in [0, 0.1) is 0 Å². The Morgan fingerprint density at radius 1 is 1.64 bits per heavy atom. The smallest absolute Gasteiger partial charge is 0.226 e. The van der Waals surface area contributed by atoms with Gasteiger partial charge in [0.1, 0.15) is 0 Å². The Labute approximate surface area is 64.5 Å². The monoisotopic (exact) mass is 151 g/mol. The molecule has 0 fully saturated rings. The molecule has 1 heterocycles. The first kappa shape index (κ1) is 7.65. The molecule has 1 amide bonds. The summed E-state index contributed by atoms with van der Waals surface area (Å²) in [5, 5.41) is 0. The molecule has 11 heavy (non-hydrogen) atoms. The zero-order valence-electron chi connectivity index (χ0n) is 6.19. The molecule has 58 valence electrons. The molecular formula is C7H9N3O. The van der Waals surface area contributed by atoms with Crippen molar-refractivity contribution >= 4 is 5.91 Å². The molecular weight excluding hydrogens is 142 g/mol. The van der Waals surface area contributed by atoms with Crippen molar-refractivity contribution in [3.8, 4) is 0 Å². The topological polar surface area (TPSA) is 68.9 Å². The summed E-state index contributed by atoms with van der Waals surface area (Å²) < 4.78 is 0. The summed E-state index contributed by atoms with van der Waals surface area (Å²) in [5.74, 6) is -0.741. The van der Waals surface area contributed by atoms with E-state index in [1.165, 1.54) is 12.4 Å². The predicted octanol–water partition coefficient (Wildman–Crippen LogP) is 0.0654. The van der Waals surface area contributed by atoms with E-state index in [0.29, 0.717) is 5.69 Å². The number of rotatable bonds is 2. The number of amides is 1. The van der Waals surface area contributed by atoms with Crippen LogP contribution in [0.1, 0.15) is 18.5 Å². The fourth-order valence-corrected chi connectivity index (χ4v) is 0.680. The average Bonchev–Trinajstić information content (AvgIpc) is 2.05. The molecule has 0 saturated heterocycles. The highest BCUT2D eigenvalue weighted by Gasteiger charge is 2.11. The molecule has 1 atom stereocenters. The van der Waals surface area contributed by atoms with Crippen LogP contribution in [0.15, 0.2) is 18.6 Å². The van der Waals surface area contributed by atoms with Crippen LogP contribution in [-0.2, 0) is 4.79 Å². The van der Waals surface area contributed by atoms with E-state index in [4.69, 9.17) is 5.73 Å². The van der Waals surface area contributed by atoms with Gasteiger partial charge in [-0.25, -0.2) is 0 Å². The molecule has 0 radical (unpaired) electrons. The summed E-state index contributed by atoms with van der Waals surface area (Å²) in [6, 6.07) is 0. The number of carbonyl (C=O) groups excluding carboxylic acids is 1. The molecule has 2 N–H and O–H groups in total. The van der Waals surface area contributed by atoms with Gasteiger partial charge in [0.05, 0.1) is 11.6 Å². The zero-order chi connectivity index (χ0) is 8.27. The van der Waals surface area contributed by atoms with Crippen LogP contribution >= 0.6 is 0 Å². The summed E-state index contributed by atoms with van der Waals surface area (Å²) in [5.41, 5.74) is 5.67. The summed E-state index contributed by atoms with van der Waals surface area (Å²) in [7, 11) is 0. The van der Waals surface area contributed by atoms with Gasteiger partial charge in [0.25, 0.3) is 0 Å². The van der Waals surface area contributed by atoms with Gasteiger partial charge >= 0.3 is 0 Å². The van der Waals surface area contributed by atoms with Crippen LogP contribution in [0.25, 0.3) is 0 Å². The van der Waals surface area contributed by atoms with Crippen LogP contribution in [0.5, 0.6) is 0 Å². The molecule has 0 aliphatic rings. The van der Waals surface area contributed by atoms with Crippen molar-refractivity contribution in [3.05, 3.63) is 24.3 Å². The summed E-state index contributed by atoms with van der Waals surface area (Å²) in [6.07, 6.45) is 4.63. The maximum absolute atomic E-state index is 10.7. The Morgan fingerprint density at radius 2 is 2.36 bits per heavy atom. The minimum Gasteiger partial charge on any atom is -0.369 e. The maximum Gasteiger partial charge on any atom is 0.226 e. The van der Waals surface area contributed by atoms with Crippen molar-refractivity contribution in [3.63, 3.8) is 0 Å².